The van der Waals surface area contributed by atoms with Crippen LogP contribution in [-0.2, 0) is 21.2 Å². The fourth-order valence-electron chi connectivity index (χ4n) is 2.11. The molecule has 8 heteroatoms. The van der Waals surface area contributed by atoms with Gasteiger partial charge in [0.15, 0.2) is 5.25 Å². The van der Waals surface area contributed by atoms with Gasteiger partial charge in [0.05, 0.1) is 11.4 Å². The van der Waals surface area contributed by atoms with Crippen LogP contribution < -0.4 is 10.0 Å². The van der Waals surface area contributed by atoms with Gasteiger partial charge in [-0.25, -0.2) is 18.2 Å². The number of nitrogens with zero attached hydrogens (tertiary/aromatic N) is 1. The summed E-state index contributed by atoms with van der Waals surface area (Å²) in [6.45, 7) is 3.23. The lowest BCUT2D eigenvalue weighted by Gasteiger charge is -2.21. The Balaban J connectivity index is 2.37. The fraction of sp³-hybridized carbons (Fsp3) is 0.308. The molecule has 3 amide bonds. The number of nitrogens with one attached hydrogen (secondary N) is 2. The van der Waals surface area contributed by atoms with Crippen molar-refractivity contribution in [2.24, 2.45) is 4.99 Å². The number of hydrogen-bond acceptors (Lipinski definition) is 4. The molecule has 0 fully saturated rings. The Morgan fingerprint density at radius 3 is 2.57 bits per heavy atom. The molecule has 0 spiro atoms. The monoisotopic (exact) mass is 309 g/mol. The van der Waals surface area contributed by atoms with Crippen LogP contribution in [0.4, 0.5) is 10.5 Å². The molecule has 1 aliphatic heterocycles. The Labute approximate surface area is 122 Å². The van der Waals surface area contributed by atoms with Crippen LogP contribution in [-0.4, -0.2) is 31.3 Å². The van der Waals surface area contributed by atoms with Crippen molar-refractivity contribution in [1.82, 2.24) is 5.32 Å². The molecule has 21 heavy (non-hydrogen) atoms. The summed E-state index contributed by atoms with van der Waals surface area (Å²) in [5.74, 6) is -0.894. The van der Waals surface area contributed by atoms with Crippen molar-refractivity contribution < 1.29 is 18.0 Å². The van der Waals surface area contributed by atoms with E-state index in [9.17, 15) is 18.0 Å². The number of anilines is 1. The number of aryl methyl sites for hydroxylation is 1. The third-order valence-corrected chi connectivity index (χ3v) is 4.77. The van der Waals surface area contributed by atoms with Crippen molar-refractivity contribution in [2.75, 3.05) is 4.72 Å². The summed E-state index contributed by atoms with van der Waals surface area (Å²) in [6, 6.07) is 6.06. The molecular weight excluding hydrogens is 294 g/mol. The zero-order valence-corrected chi connectivity index (χ0v) is 12.4. The van der Waals surface area contributed by atoms with Gasteiger partial charge < -0.3 is 0 Å². The van der Waals surface area contributed by atoms with Gasteiger partial charge in [0, 0.05) is 0 Å². The lowest BCUT2D eigenvalue weighted by atomic mass is 10.1. The van der Waals surface area contributed by atoms with E-state index in [-0.39, 0.29) is 5.71 Å². The van der Waals surface area contributed by atoms with E-state index in [0.717, 1.165) is 5.56 Å². The van der Waals surface area contributed by atoms with Crippen LogP contribution in [0.1, 0.15) is 19.4 Å². The lowest BCUT2D eigenvalue weighted by Crippen LogP contribution is -2.51. The Morgan fingerprint density at radius 1 is 1.29 bits per heavy atom. The van der Waals surface area contributed by atoms with Crippen molar-refractivity contribution >= 4 is 33.4 Å². The molecule has 0 saturated carbocycles. The van der Waals surface area contributed by atoms with Gasteiger partial charge in [-0.3, -0.25) is 14.8 Å². The van der Waals surface area contributed by atoms with Crippen molar-refractivity contribution in [1.29, 1.82) is 0 Å². The molecule has 0 saturated heterocycles. The first-order valence-electron chi connectivity index (χ1n) is 6.34. The van der Waals surface area contributed by atoms with E-state index in [1.54, 1.807) is 24.3 Å². The van der Waals surface area contributed by atoms with E-state index in [1.807, 2.05) is 12.2 Å². The van der Waals surface area contributed by atoms with E-state index in [0.29, 0.717) is 12.1 Å². The molecule has 0 radical (unpaired) electrons. The zero-order chi connectivity index (χ0) is 15.6. The SMILES string of the molecule is CCc1ccccc1NS(=O)(=O)C1C(=O)NC(=O)N=C1C. The van der Waals surface area contributed by atoms with Crippen LogP contribution in [0.5, 0.6) is 0 Å². The second kappa shape index (κ2) is 5.65. The average Bonchev–Trinajstić information content (AvgIpc) is 2.37. The van der Waals surface area contributed by atoms with Gasteiger partial charge >= 0.3 is 6.03 Å². The van der Waals surface area contributed by atoms with Crippen LogP contribution in [0.15, 0.2) is 29.3 Å². The number of amides is 3. The van der Waals surface area contributed by atoms with E-state index in [4.69, 9.17) is 0 Å². The molecule has 7 nitrogen and oxygen atoms in total. The summed E-state index contributed by atoms with van der Waals surface area (Å²) in [6.07, 6.45) is 0.640. The second-order valence-corrected chi connectivity index (χ2v) is 6.35. The Morgan fingerprint density at radius 2 is 1.95 bits per heavy atom. The normalized spacial score (nSPS) is 19.0. The minimum absolute atomic E-state index is 0.0507. The third-order valence-electron chi connectivity index (χ3n) is 3.09. The number of benzene rings is 1. The van der Waals surface area contributed by atoms with Gasteiger partial charge in [-0.1, -0.05) is 25.1 Å². The van der Waals surface area contributed by atoms with Gasteiger partial charge in [0.1, 0.15) is 0 Å². The number of urea groups is 1. The highest BCUT2D eigenvalue weighted by Gasteiger charge is 2.39. The molecule has 1 unspecified atom stereocenters. The maximum atomic E-state index is 12.4. The summed E-state index contributed by atoms with van der Waals surface area (Å²) < 4.78 is 27.2. The molecule has 0 bridgehead atoms. The van der Waals surface area contributed by atoms with Crippen molar-refractivity contribution in [3.63, 3.8) is 0 Å². The quantitative estimate of drug-likeness (QED) is 0.868. The number of carbonyl (C=O) groups is 2. The molecule has 1 aliphatic rings. The Hall–Kier alpha value is -2.22. The van der Waals surface area contributed by atoms with Crippen molar-refractivity contribution in [3.8, 4) is 0 Å². The maximum Gasteiger partial charge on any atom is 0.347 e. The largest absolute Gasteiger partial charge is 0.347 e. The summed E-state index contributed by atoms with van der Waals surface area (Å²) in [5, 5.41) is 0.382. The molecule has 2 N–H and O–H groups in total. The molecule has 1 atom stereocenters. The summed E-state index contributed by atoms with van der Waals surface area (Å²) in [7, 11) is -4.04. The first kappa shape index (κ1) is 15.2. The van der Waals surface area contributed by atoms with Crippen molar-refractivity contribution in [3.05, 3.63) is 29.8 Å². The second-order valence-electron chi connectivity index (χ2n) is 4.59. The first-order chi connectivity index (χ1) is 9.85. The molecule has 0 aliphatic carbocycles. The minimum Gasteiger partial charge on any atom is -0.282 e. The number of carbonyl (C=O) groups excluding carboxylic acids is 2. The number of hydrogen-bond donors (Lipinski definition) is 2. The fourth-order valence-corrected chi connectivity index (χ4v) is 3.58. The summed E-state index contributed by atoms with van der Waals surface area (Å²) in [4.78, 5) is 26.3. The summed E-state index contributed by atoms with van der Waals surface area (Å²) >= 11 is 0. The van der Waals surface area contributed by atoms with E-state index < -0.39 is 27.2 Å². The predicted molar refractivity (Wildman–Crippen MR) is 78.8 cm³/mol. The molecule has 1 heterocycles. The molecular formula is C13H15N3O4S. The number of para-hydroxylation sites is 1. The third kappa shape index (κ3) is 3.10. The van der Waals surface area contributed by atoms with E-state index >= 15 is 0 Å². The standard InChI is InChI=1S/C13H15N3O4S/c1-3-9-6-4-5-7-10(9)16-21(19,20)11-8(2)14-13(18)15-12(11)17/h4-7,11,16H,3H2,1-2H3,(H,15,17,18). The van der Waals surface area contributed by atoms with Gasteiger partial charge in [-0.05, 0) is 25.0 Å². The zero-order valence-electron chi connectivity index (χ0n) is 11.6. The van der Waals surface area contributed by atoms with Gasteiger partial charge in [0.25, 0.3) is 5.91 Å². The minimum atomic E-state index is -4.04. The Bertz CT molecular complexity index is 725. The topological polar surface area (TPSA) is 105 Å². The number of aliphatic imine (C=N–C) groups is 1. The Kier molecular flexibility index (Phi) is 4.08. The number of rotatable bonds is 4. The lowest BCUT2D eigenvalue weighted by molar-refractivity contribution is -0.118. The molecule has 112 valence electrons. The average molecular weight is 309 g/mol. The smallest absolute Gasteiger partial charge is 0.282 e. The predicted octanol–water partition coefficient (Wildman–Crippen LogP) is 1.07. The van der Waals surface area contributed by atoms with E-state index in [2.05, 4.69) is 9.71 Å². The maximum absolute atomic E-state index is 12.4. The summed E-state index contributed by atoms with van der Waals surface area (Å²) in [5.41, 5.74) is 1.17. The molecule has 1 aromatic rings. The van der Waals surface area contributed by atoms with Gasteiger partial charge in [-0.15, -0.1) is 0 Å². The van der Waals surface area contributed by atoms with E-state index in [1.165, 1.54) is 6.92 Å². The number of imide groups is 1. The highest BCUT2D eigenvalue weighted by Crippen LogP contribution is 2.20. The van der Waals surface area contributed by atoms with Crippen LogP contribution in [0.3, 0.4) is 0 Å². The highest BCUT2D eigenvalue weighted by molar-refractivity contribution is 7.94. The van der Waals surface area contributed by atoms with Gasteiger partial charge in [0.2, 0.25) is 10.0 Å². The van der Waals surface area contributed by atoms with Crippen LogP contribution in [0.25, 0.3) is 0 Å². The first-order valence-corrected chi connectivity index (χ1v) is 7.89. The molecule has 0 aromatic heterocycles. The highest BCUT2D eigenvalue weighted by atomic mass is 32.2. The van der Waals surface area contributed by atoms with Crippen LogP contribution >= 0.6 is 0 Å². The van der Waals surface area contributed by atoms with Crippen LogP contribution in [0, 0.1) is 0 Å². The number of sulfonamides is 1. The van der Waals surface area contributed by atoms with Gasteiger partial charge in [-0.2, -0.15) is 0 Å². The molecule has 1 aromatic carbocycles. The molecule has 2 rings (SSSR count). The van der Waals surface area contributed by atoms with Crippen LogP contribution in [0.2, 0.25) is 0 Å². The van der Waals surface area contributed by atoms with Crippen molar-refractivity contribution in [2.45, 2.75) is 25.5 Å².